The third-order valence-corrected chi connectivity index (χ3v) is 4.00. The van der Waals surface area contributed by atoms with Crippen molar-refractivity contribution < 1.29 is 53.1 Å². The summed E-state index contributed by atoms with van der Waals surface area (Å²) in [6.45, 7) is -1.93. The molecule has 0 saturated heterocycles. The molecule has 3 N–H and O–H groups in total. The van der Waals surface area contributed by atoms with Gasteiger partial charge in [0.05, 0.1) is 32.0 Å². The first-order valence-electron chi connectivity index (χ1n) is 6.13. The highest BCUT2D eigenvalue weighted by Crippen LogP contribution is 2.14. The Morgan fingerprint density at radius 3 is 1.42 bits per heavy atom. The van der Waals surface area contributed by atoms with E-state index in [1.807, 2.05) is 0 Å². The van der Waals surface area contributed by atoms with Gasteiger partial charge in [-0.15, -0.1) is 0 Å². The summed E-state index contributed by atoms with van der Waals surface area (Å²) in [5.41, 5.74) is 0. The molecule has 0 radical (unpaired) electrons. The lowest BCUT2D eigenvalue weighted by atomic mass is 10.0. The quantitative estimate of drug-likeness (QED) is 0.280. The first-order chi connectivity index (χ1) is 10.5. The van der Waals surface area contributed by atoms with Crippen molar-refractivity contribution in [3.8, 4) is 0 Å². The van der Waals surface area contributed by atoms with Crippen LogP contribution in [0, 0.1) is 0 Å². The van der Waals surface area contributed by atoms with E-state index in [4.69, 9.17) is 0 Å². The second kappa shape index (κ2) is 8.81. The number of aliphatic hydroxyl groups is 3. The fraction of sp³-hybridized carbons (Fsp3) is 1.00. The number of hydrogen-bond acceptors (Lipinski definition) is 12. The number of aliphatic hydroxyl groups excluding tert-OH is 3. The molecule has 0 saturated carbocycles. The van der Waals surface area contributed by atoms with Crippen molar-refractivity contribution in [2.45, 2.75) is 24.4 Å². The predicted molar refractivity (Wildman–Crippen MR) is 79.3 cm³/mol. The molecule has 146 valence electrons. The normalized spacial score (nSPS) is 18.8. The van der Waals surface area contributed by atoms with Crippen LogP contribution in [0.25, 0.3) is 0 Å². The molecule has 15 heteroatoms. The minimum atomic E-state index is -4.24. The summed E-state index contributed by atoms with van der Waals surface area (Å²) in [6, 6.07) is 0. The summed E-state index contributed by atoms with van der Waals surface area (Å²) in [7, 11) is -12.2. The Balaban J connectivity index is 5.16. The largest absolute Gasteiger partial charge is 0.388 e. The summed E-state index contributed by atoms with van der Waals surface area (Å²) in [5, 5.41) is 29.3. The van der Waals surface area contributed by atoms with Crippen LogP contribution in [0.15, 0.2) is 0 Å². The highest BCUT2D eigenvalue weighted by molar-refractivity contribution is 7.86. The van der Waals surface area contributed by atoms with E-state index in [2.05, 4.69) is 12.5 Å². The molecule has 4 atom stereocenters. The third-order valence-electron chi connectivity index (χ3n) is 2.30. The van der Waals surface area contributed by atoms with Crippen molar-refractivity contribution in [1.29, 1.82) is 0 Å². The van der Waals surface area contributed by atoms with E-state index in [0.717, 1.165) is 0 Å². The van der Waals surface area contributed by atoms with Crippen molar-refractivity contribution in [3.63, 3.8) is 0 Å². The van der Waals surface area contributed by atoms with E-state index >= 15 is 0 Å². The van der Waals surface area contributed by atoms with Gasteiger partial charge in [0, 0.05) is 0 Å². The van der Waals surface area contributed by atoms with Gasteiger partial charge >= 0.3 is 0 Å². The maximum absolute atomic E-state index is 11.2. The minimum Gasteiger partial charge on any atom is -0.388 e. The highest BCUT2D eigenvalue weighted by atomic mass is 32.2. The van der Waals surface area contributed by atoms with Crippen molar-refractivity contribution >= 4 is 30.4 Å². The van der Waals surface area contributed by atoms with Crippen molar-refractivity contribution in [2.75, 3.05) is 32.0 Å². The zero-order valence-corrected chi connectivity index (χ0v) is 15.4. The van der Waals surface area contributed by atoms with Gasteiger partial charge in [0.2, 0.25) is 0 Å². The third kappa shape index (κ3) is 11.2. The van der Waals surface area contributed by atoms with Crippen molar-refractivity contribution in [2.24, 2.45) is 0 Å². The molecule has 0 amide bonds. The molecular weight excluding hydrogens is 396 g/mol. The van der Waals surface area contributed by atoms with Gasteiger partial charge in [0.25, 0.3) is 30.4 Å². The maximum atomic E-state index is 11.2. The molecule has 0 rings (SSSR count). The van der Waals surface area contributed by atoms with Crippen LogP contribution in [0.4, 0.5) is 0 Å². The first-order valence-corrected chi connectivity index (χ1v) is 11.6. The lowest BCUT2D eigenvalue weighted by Crippen LogP contribution is -2.50. The SMILES string of the molecule is CS(=O)(=O)OCC(O)C(O)C(OS(C)(=O)=O)C(O)COS(C)(=O)=O. The number of hydrogen-bond donors (Lipinski definition) is 3. The zero-order chi connectivity index (χ0) is 19.3. The second-order valence-corrected chi connectivity index (χ2v) is 9.76. The fourth-order valence-corrected chi connectivity index (χ4v) is 2.77. The average molecular weight is 416 g/mol. The van der Waals surface area contributed by atoms with Crippen LogP contribution >= 0.6 is 0 Å². The van der Waals surface area contributed by atoms with Gasteiger partial charge in [-0.25, -0.2) is 0 Å². The monoisotopic (exact) mass is 416 g/mol. The van der Waals surface area contributed by atoms with Crippen LogP contribution in [0.1, 0.15) is 0 Å². The summed E-state index contributed by atoms with van der Waals surface area (Å²) >= 11 is 0. The number of rotatable bonds is 11. The Labute approximate surface area is 140 Å². The molecule has 24 heavy (non-hydrogen) atoms. The smallest absolute Gasteiger partial charge is 0.264 e. The Hall–Kier alpha value is -0.390. The van der Waals surface area contributed by atoms with Gasteiger partial charge < -0.3 is 15.3 Å². The van der Waals surface area contributed by atoms with E-state index in [-0.39, 0.29) is 0 Å². The van der Waals surface area contributed by atoms with Crippen LogP contribution in [-0.4, -0.2) is 97.0 Å². The minimum absolute atomic E-state index is 0.580. The van der Waals surface area contributed by atoms with E-state index in [0.29, 0.717) is 18.8 Å². The second-order valence-electron chi connectivity index (χ2n) is 4.87. The fourth-order valence-electron chi connectivity index (χ4n) is 1.35. The molecule has 0 bridgehead atoms. The highest BCUT2D eigenvalue weighted by Gasteiger charge is 2.37. The molecule has 0 aromatic carbocycles. The van der Waals surface area contributed by atoms with Gasteiger partial charge in [-0.3, -0.25) is 12.5 Å². The predicted octanol–water partition coefficient (Wildman–Crippen LogP) is -3.63. The molecule has 12 nitrogen and oxygen atoms in total. The molecule has 0 aromatic heterocycles. The first kappa shape index (κ1) is 23.6. The van der Waals surface area contributed by atoms with E-state index in [1.165, 1.54) is 0 Å². The Bertz CT molecular complexity index is 694. The molecule has 0 heterocycles. The van der Waals surface area contributed by atoms with Crippen LogP contribution in [0.5, 0.6) is 0 Å². The molecule has 0 aromatic rings. The molecule has 0 aliphatic rings. The Morgan fingerprint density at radius 1 is 0.708 bits per heavy atom. The summed E-state index contributed by atoms with van der Waals surface area (Å²) in [6.07, 6.45) is -6.23. The average Bonchev–Trinajstić information content (AvgIpc) is 2.36. The molecule has 0 spiro atoms. The van der Waals surface area contributed by atoms with Crippen LogP contribution in [-0.2, 0) is 42.9 Å². The van der Waals surface area contributed by atoms with Gasteiger partial charge in [-0.05, 0) is 0 Å². The van der Waals surface area contributed by atoms with E-state index in [9.17, 15) is 40.6 Å². The lowest BCUT2D eigenvalue weighted by molar-refractivity contribution is -0.106. The Kier molecular flexibility index (Phi) is 8.67. The van der Waals surface area contributed by atoms with Gasteiger partial charge in [-0.2, -0.15) is 25.3 Å². The molecule has 0 aliphatic heterocycles. The lowest BCUT2D eigenvalue weighted by Gasteiger charge is -2.28. The van der Waals surface area contributed by atoms with E-state index in [1.54, 1.807) is 0 Å². The zero-order valence-electron chi connectivity index (χ0n) is 13.0. The van der Waals surface area contributed by atoms with Gasteiger partial charge in [0.1, 0.15) is 24.4 Å². The van der Waals surface area contributed by atoms with E-state index < -0.39 is 68.0 Å². The molecule has 0 fully saturated rings. The molecule has 4 unspecified atom stereocenters. The molecule has 0 aliphatic carbocycles. The summed E-state index contributed by atoms with van der Waals surface area (Å²) < 4.78 is 78.7. The van der Waals surface area contributed by atoms with Gasteiger partial charge in [0.15, 0.2) is 0 Å². The summed E-state index contributed by atoms with van der Waals surface area (Å²) in [5.74, 6) is 0. The van der Waals surface area contributed by atoms with Crippen LogP contribution < -0.4 is 0 Å². The maximum Gasteiger partial charge on any atom is 0.264 e. The Morgan fingerprint density at radius 2 is 1.08 bits per heavy atom. The van der Waals surface area contributed by atoms with Crippen LogP contribution in [0.3, 0.4) is 0 Å². The van der Waals surface area contributed by atoms with Crippen molar-refractivity contribution in [1.82, 2.24) is 0 Å². The van der Waals surface area contributed by atoms with Crippen LogP contribution in [0.2, 0.25) is 0 Å². The standard InChI is InChI=1S/C9H20O12S3/c1-22(13,14)19-4-6(10)8(12)9(21-24(3,17)18)7(11)5-20-23(2,15)16/h6-12H,4-5H2,1-3H3. The molecular formula is C9H20O12S3. The van der Waals surface area contributed by atoms with Crippen molar-refractivity contribution in [3.05, 3.63) is 0 Å². The van der Waals surface area contributed by atoms with Gasteiger partial charge in [-0.1, -0.05) is 0 Å². The topological polar surface area (TPSA) is 191 Å². The summed E-state index contributed by atoms with van der Waals surface area (Å²) in [4.78, 5) is 0.